The Bertz CT molecular complexity index is 919. The van der Waals surface area contributed by atoms with Crippen molar-refractivity contribution in [1.82, 2.24) is 0 Å². The monoisotopic (exact) mass is 608 g/mol. The number of hydrogen-bond donors (Lipinski definition) is 10. The van der Waals surface area contributed by atoms with Gasteiger partial charge in [-0.3, -0.25) is 0 Å². The third kappa shape index (κ3) is 5.97. The first-order chi connectivity index (χ1) is 18.7. The van der Waals surface area contributed by atoms with Gasteiger partial charge in [0.2, 0.25) is 0 Å². The van der Waals surface area contributed by atoms with Gasteiger partial charge in [0.15, 0.2) is 12.4 Å². The topological polar surface area (TPSA) is 332 Å². The van der Waals surface area contributed by atoms with Crippen molar-refractivity contribution in [1.29, 1.82) is 0 Å². The van der Waals surface area contributed by atoms with Crippen LogP contribution in [-0.4, -0.2) is 154 Å². The molecule has 0 amide bonds. The van der Waals surface area contributed by atoms with Gasteiger partial charge in [-0.25, -0.2) is 0 Å². The Morgan fingerprint density at radius 1 is 1.02 bits per heavy atom. The minimum absolute atomic E-state index is 0.152. The van der Waals surface area contributed by atoms with Gasteiger partial charge in [-0.1, -0.05) is 0 Å². The van der Waals surface area contributed by atoms with Crippen LogP contribution in [0.25, 0.3) is 0 Å². The molecule has 0 aromatic heterocycles. The van der Waals surface area contributed by atoms with E-state index in [-0.39, 0.29) is 6.42 Å². The summed E-state index contributed by atoms with van der Waals surface area (Å²) in [5.74, 6) is -2.55. The molecule has 4 aliphatic rings. The van der Waals surface area contributed by atoms with Gasteiger partial charge in [0, 0.05) is 0 Å². The number of aliphatic hydroxyl groups is 7. The standard InChI is InChI=1S/C20H38N3O16P/c1-23-7-2-5(21)9(26)15(14(7)39-40(31,32)33)35-19-17-16(10(27)8(4-25)34-19)37-20(38-17)18(30)12(29)11(28)13(36-20)6(22)3-24/h5-19,23-30H,2-4,21-22H2,1H3,(H2,31,32,33)/p+1/t5-,6?,7+,8-,9+,10+,11-,12+,13-,14-,15-,16+,17+,18-,19+,20-/m1/s1. The highest BCUT2D eigenvalue weighted by Crippen LogP contribution is 2.45. The van der Waals surface area contributed by atoms with Crippen LogP contribution in [0.3, 0.4) is 0 Å². The van der Waals surface area contributed by atoms with E-state index in [4.69, 9.17) is 28.2 Å². The molecule has 15 N–H and O–H groups in total. The Labute approximate surface area is 227 Å². The highest BCUT2D eigenvalue weighted by Gasteiger charge is 2.68. The van der Waals surface area contributed by atoms with E-state index in [1.165, 1.54) is 0 Å². The van der Waals surface area contributed by atoms with E-state index in [0.29, 0.717) is 0 Å². The van der Waals surface area contributed by atoms with Gasteiger partial charge in [-0.05, 0) is 0 Å². The molecule has 1 saturated carbocycles. The summed E-state index contributed by atoms with van der Waals surface area (Å²) in [6.07, 6.45) is -19.2. The number of hydrogen-bond acceptors (Lipinski definition) is 16. The van der Waals surface area contributed by atoms with Crippen LogP contribution in [0.15, 0.2) is 0 Å². The average Bonchev–Trinajstić information content (AvgIpc) is 3.30. The SMILES string of the molecule is C[NH2+][C@H]1C[C@@H]([NH3+])[C@H](O)[C@@H](O[C@@H]2O[C@H](CO)[C@H](O)[C@@H]3O[C@]4(O[C@H]23)O[C@H](C([NH3+])CO)[C@H](O)[C@H](O)[C@H]4O)[C@@H]1OP(=O)([O-])[O-]. The second kappa shape index (κ2) is 12.2. The van der Waals surface area contributed by atoms with Crippen molar-refractivity contribution in [2.45, 2.75) is 104 Å². The summed E-state index contributed by atoms with van der Waals surface area (Å²) in [6.45, 7) is -1.37. The molecule has 4 rings (SSSR count). The zero-order valence-electron chi connectivity index (χ0n) is 21.5. The van der Waals surface area contributed by atoms with E-state index < -0.39 is 119 Å². The number of nitrogens with two attached hydrogens (primary N) is 1. The Morgan fingerprint density at radius 2 is 1.68 bits per heavy atom. The van der Waals surface area contributed by atoms with Crippen LogP contribution in [0.4, 0.5) is 0 Å². The number of ether oxygens (including phenoxy) is 5. The molecule has 0 bridgehead atoms. The fourth-order valence-electron chi connectivity index (χ4n) is 5.67. The highest BCUT2D eigenvalue weighted by atomic mass is 31.2. The molecule has 1 spiro atoms. The van der Waals surface area contributed by atoms with Gasteiger partial charge in [0.1, 0.15) is 79.2 Å². The Kier molecular flexibility index (Phi) is 9.93. The molecule has 0 aromatic rings. The van der Waals surface area contributed by atoms with Crippen LogP contribution >= 0.6 is 7.82 Å². The molecular formula is C20H39N3O16P+. The maximum Gasteiger partial charge on any atom is 0.314 e. The number of aliphatic hydroxyl groups excluding tert-OH is 7. The van der Waals surface area contributed by atoms with Crippen molar-refractivity contribution in [2.24, 2.45) is 0 Å². The lowest BCUT2D eigenvalue weighted by Crippen LogP contribution is -2.94. The minimum atomic E-state index is -5.58. The van der Waals surface area contributed by atoms with Crippen LogP contribution in [0.2, 0.25) is 0 Å². The first kappa shape index (κ1) is 32.4. The van der Waals surface area contributed by atoms with Crippen molar-refractivity contribution in [3.63, 3.8) is 0 Å². The summed E-state index contributed by atoms with van der Waals surface area (Å²) in [5.41, 5.74) is 7.49. The summed E-state index contributed by atoms with van der Waals surface area (Å²) >= 11 is 0. The quantitative estimate of drug-likeness (QED) is 0.114. The molecule has 19 nitrogen and oxygen atoms in total. The Balaban J connectivity index is 1.66. The number of rotatable bonds is 8. The van der Waals surface area contributed by atoms with E-state index in [1.54, 1.807) is 12.4 Å². The minimum Gasteiger partial charge on any atom is -0.790 e. The predicted molar refractivity (Wildman–Crippen MR) is 117 cm³/mol. The predicted octanol–water partition coefficient (Wildman–Crippen LogP) is -10.9. The molecule has 0 aromatic carbocycles. The number of phosphoric ester groups is 1. The van der Waals surface area contributed by atoms with Crippen LogP contribution in [0.5, 0.6) is 0 Å². The molecule has 3 heterocycles. The smallest absolute Gasteiger partial charge is 0.314 e. The fraction of sp³-hybridized carbons (Fsp3) is 1.00. The fourth-order valence-corrected chi connectivity index (χ4v) is 6.24. The Hall–Kier alpha value is -0.490. The second-order valence-electron chi connectivity index (χ2n) is 10.5. The first-order valence-electron chi connectivity index (χ1n) is 12.8. The Morgan fingerprint density at radius 3 is 2.25 bits per heavy atom. The van der Waals surface area contributed by atoms with Crippen LogP contribution in [0.1, 0.15) is 6.42 Å². The van der Waals surface area contributed by atoms with Gasteiger partial charge >= 0.3 is 5.97 Å². The van der Waals surface area contributed by atoms with E-state index in [0.717, 1.165) is 0 Å². The summed E-state index contributed by atoms with van der Waals surface area (Å²) in [6, 6.07) is -2.43. The van der Waals surface area contributed by atoms with Crippen LogP contribution < -0.4 is 26.6 Å². The summed E-state index contributed by atoms with van der Waals surface area (Å²) in [5, 5.41) is 74.3. The van der Waals surface area contributed by atoms with E-state index in [1.807, 2.05) is 0 Å². The highest BCUT2D eigenvalue weighted by molar-refractivity contribution is 7.43. The lowest BCUT2D eigenvalue weighted by Gasteiger charge is -2.47. The molecule has 4 fully saturated rings. The molecule has 234 valence electrons. The molecule has 20 heteroatoms. The maximum absolute atomic E-state index is 11.5. The number of quaternary nitrogens is 3. The van der Waals surface area contributed by atoms with Gasteiger partial charge in [-0.2, -0.15) is 0 Å². The third-order valence-corrected chi connectivity index (χ3v) is 8.38. The summed E-state index contributed by atoms with van der Waals surface area (Å²) in [4.78, 5) is 23.1. The third-order valence-electron chi connectivity index (χ3n) is 7.88. The summed E-state index contributed by atoms with van der Waals surface area (Å²) in [7, 11) is -3.99. The van der Waals surface area contributed by atoms with Crippen molar-refractivity contribution in [3.05, 3.63) is 0 Å². The lowest BCUT2D eigenvalue weighted by molar-refractivity contribution is -0.683. The van der Waals surface area contributed by atoms with Crippen molar-refractivity contribution < 1.29 is 95.1 Å². The van der Waals surface area contributed by atoms with Crippen molar-refractivity contribution in [2.75, 3.05) is 20.3 Å². The van der Waals surface area contributed by atoms with Gasteiger partial charge in [0.05, 0.1) is 34.5 Å². The number of likely N-dealkylation sites (N-methyl/N-ethyl adjacent to an activating group) is 1. The molecule has 0 radical (unpaired) electrons. The van der Waals surface area contributed by atoms with E-state index >= 15 is 0 Å². The van der Waals surface area contributed by atoms with Crippen molar-refractivity contribution >= 4 is 7.82 Å². The number of phosphoric acid groups is 1. The molecule has 40 heavy (non-hydrogen) atoms. The van der Waals surface area contributed by atoms with Gasteiger partial charge in [0.25, 0.3) is 0 Å². The maximum atomic E-state index is 11.5. The second-order valence-corrected chi connectivity index (χ2v) is 11.6. The molecule has 1 aliphatic carbocycles. The zero-order valence-corrected chi connectivity index (χ0v) is 22.4. The molecular weight excluding hydrogens is 569 g/mol. The summed E-state index contributed by atoms with van der Waals surface area (Å²) < 4.78 is 45.2. The molecule has 1 unspecified atom stereocenters. The van der Waals surface area contributed by atoms with Crippen LogP contribution in [-0.2, 0) is 32.8 Å². The average molecular weight is 609 g/mol. The van der Waals surface area contributed by atoms with E-state index in [9.17, 15) is 50.1 Å². The van der Waals surface area contributed by atoms with E-state index in [2.05, 4.69) is 11.5 Å². The molecule has 3 saturated heterocycles. The lowest BCUT2D eigenvalue weighted by atomic mass is 9.84. The molecule has 3 aliphatic heterocycles. The number of fused-ring (bicyclic) bond motifs is 1. The first-order valence-corrected chi connectivity index (χ1v) is 14.3. The zero-order chi connectivity index (χ0) is 29.7. The molecule has 16 atom stereocenters. The normalized spacial score (nSPS) is 50.6. The van der Waals surface area contributed by atoms with Gasteiger partial charge < -0.3 is 95.1 Å². The van der Waals surface area contributed by atoms with Crippen molar-refractivity contribution in [3.8, 4) is 0 Å². The largest absolute Gasteiger partial charge is 0.790 e. The van der Waals surface area contributed by atoms with Crippen LogP contribution in [0, 0.1) is 0 Å². The van der Waals surface area contributed by atoms with Gasteiger partial charge in [-0.15, -0.1) is 0 Å².